The fraction of sp³-hybridized carbons (Fsp3) is 0.533. The van der Waals surface area contributed by atoms with Gasteiger partial charge in [0.2, 0.25) is 5.91 Å². The molecule has 3 heterocycles. The van der Waals surface area contributed by atoms with Crippen molar-refractivity contribution in [1.82, 2.24) is 10.2 Å². The molecule has 2 N–H and O–H groups in total. The summed E-state index contributed by atoms with van der Waals surface area (Å²) in [5, 5.41) is 8.52. The molecule has 0 spiro atoms. The van der Waals surface area contributed by atoms with Gasteiger partial charge in [-0.2, -0.15) is 0 Å². The topological polar surface area (TPSA) is 78.5 Å². The Hall–Kier alpha value is -1.89. The van der Waals surface area contributed by atoms with Gasteiger partial charge in [0.25, 0.3) is 11.8 Å². The Morgan fingerprint density at radius 2 is 2.09 bits per heavy atom. The highest BCUT2D eigenvalue weighted by Crippen LogP contribution is 2.40. The smallest absolute Gasteiger partial charge is 0.256 e. The molecule has 1 saturated heterocycles. The molecule has 0 saturated carbocycles. The van der Waals surface area contributed by atoms with E-state index in [1.165, 1.54) is 11.3 Å². The van der Waals surface area contributed by atoms with Crippen LogP contribution in [0.3, 0.4) is 0 Å². The standard InChI is InChI=1S/C15H19N3O3S/c1-8(2)16-12-9-6-18(13(20)10(9)7-22-12)15(3)5-4-11(19)17-14(15)21/h7-8,16H,4-6H2,1-3H3,(H,17,19,21). The summed E-state index contributed by atoms with van der Waals surface area (Å²) in [6.07, 6.45) is 0.625. The number of hydrogen-bond acceptors (Lipinski definition) is 5. The number of fused-ring (bicyclic) bond motifs is 1. The SMILES string of the molecule is CC(C)Nc1scc2c1CN(C1(C)CCC(=O)NC1=O)C2=O. The van der Waals surface area contributed by atoms with Crippen molar-refractivity contribution in [2.24, 2.45) is 0 Å². The first-order chi connectivity index (χ1) is 10.3. The maximum absolute atomic E-state index is 12.7. The van der Waals surface area contributed by atoms with Crippen molar-refractivity contribution >= 4 is 34.1 Å². The summed E-state index contributed by atoms with van der Waals surface area (Å²) in [6, 6.07) is 0.276. The predicted molar refractivity (Wildman–Crippen MR) is 83.7 cm³/mol. The number of piperidine rings is 1. The van der Waals surface area contributed by atoms with Crippen LogP contribution in [0.15, 0.2) is 5.38 Å². The van der Waals surface area contributed by atoms with Gasteiger partial charge in [0.1, 0.15) is 5.54 Å². The summed E-state index contributed by atoms with van der Waals surface area (Å²) in [5.41, 5.74) is 0.658. The number of imide groups is 1. The van der Waals surface area contributed by atoms with Crippen LogP contribution < -0.4 is 10.6 Å². The molecule has 0 bridgehead atoms. The molecule has 1 aromatic rings. The Bertz CT molecular complexity index is 667. The van der Waals surface area contributed by atoms with E-state index in [2.05, 4.69) is 10.6 Å². The van der Waals surface area contributed by atoms with E-state index in [4.69, 9.17) is 0 Å². The Morgan fingerprint density at radius 1 is 1.36 bits per heavy atom. The summed E-state index contributed by atoms with van der Waals surface area (Å²) in [4.78, 5) is 37.9. The minimum atomic E-state index is -0.962. The summed E-state index contributed by atoms with van der Waals surface area (Å²) >= 11 is 1.52. The number of nitrogens with one attached hydrogen (secondary N) is 2. The van der Waals surface area contributed by atoms with Gasteiger partial charge in [-0.3, -0.25) is 19.7 Å². The van der Waals surface area contributed by atoms with Gasteiger partial charge < -0.3 is 10.2 Å². The Kier molecular flexibility index (Phi) is 3.47. The molecule has 7 heteroatoms. The molecule has 2 aliphatic rings. The molecule has 1 atom stereocenters. The molecule has 1 aromatic heterocycles. The highest BCUT2D eigenvalue weighted by molar-refractivity contribution is 7.14. The lowest BCUT2D eigenvalue weighted by Gasteiger charge is -2.39. The molecule has 118 valence electrons. The Morgan fingerprint density at radius 3 is 2.73 bits per heavy atom. The van der Waals surface area contributed by atoms with E-state index in [0.717, 1.165) is 10.6 Å². The molecule has 0 radical (unpaired) electrons. The fourth-order valence-electron chi connectivity index (χ4n) is 2.93. The van der Waals surface area contributed by atoms with E-state index >= 15 is 0 Å². The van der Waals surface area contributed by atoms with E-state index < -0.39 is 5.54 Å². The summed E-state index contributed by atoms with van der Waals surface area (Å²) in [6.45, 7) is 6.23. The van der Waals surface area contributed by atoms with Crippen LogP contribution in [-0.4, -0.2) is 34.2 Å². The highest BCUT2D eigenvalue weighted by Gasteiger charge is 2.49. The van der Waals surface area contributed by atoms with Crippen molar-refractivity contribution in [1.29, 1.82) is 0 Å². The molecule has 3 amide bonds. The number of rotatable bonds is 3. The van der Waals surface area contributed by atoms with E-state index in [1.807, 2.05) is 19.2 Å². The molecule has 2 aliphatic heterocycles. The zero-order valence-corrected chi connectivity index (χ0v) is 13.7. The van der Waals surface area contributed by atoms with E-state index in [1.54, 1.807) is 11.8 Å². The van der Waals surface area contributed by atoms with Crippen LogP contribution in [0.4, 0.5) is 5.00 Å². The van der Waals surface area contributed by atoms with Crippen LogP contribution in [0.1, 0.15) is 49.5 Å². The van der Waals surface area contributed by atoms with E-state index in [-0.39, 0.29) is 30.2 Å². The zero-order chi connectivity index (χ0) is 16.1. The quantitative estimate of drug-likeness (QED) is 0.831. The van der Waals surface area contributed by atoms with E-state index in [9.17, 15) is 14.4 Å². The lowest BCUT2D eigenvalue weighted by molar-refractivity contribution is -0.142. The molecule has 6 nitrogen and oxygen atoms in total. The number of carbonyl (C=O) groups is 3. The molecule has 0 aliphatic carbocycles. The van der Waals surface area contributed by atoms with Crippen LogP contribution in [0.25, 0.3) is 0 Å². The van der Waals surface area contributed by atoms with Gasteiger partial charge in [0.15, 0.2) is 0 Å². The van der Waals surface area contributed by atoms with Crippen LogP contribution in [0.5, 0.6) is 0 Å². The van der Waals surface area contributed by atoms with Gasteiger partial charge in [-0.1, -0.05) is 0 Å². The van der Waals surface area contributed by atoms with Crippen molar-refractivity contribution < 1.29 is 14.4 Å². The number of thiophene rings is 1. The fourth-order valence-corrected chi connectivity index (χ4v) is 4.03. The first kappa shape index (κ1) is 15.0. The van der Waals surface area contributed by atoms with Crippen LogP contribution in [0, 0.1) is 0 Å². The largest absolute Gasteiger partial charge is 0.374 e. The third-order valence-corrected chi connectivity index (χ3v) is 5.24. The first-order valence-corrected chi connectivity index (χ1v) is 8.24. The van der Waals surface area contributed by atoms with E-state index in [0.29, 0.717) is 18.5 Å². The Balaban J connectivity index is 1.89. The molecule has 0 aromatic carbocycles. The third kappa shape index (κ3) is 2.20. The lowest BCUT2D eigenvalue weighted by atomic mass is 9.89. The van der Waals surface area contributed by atoms with Crippen LogP contribution >= 0.6 is 11.3 Å². The molecule has 22 heavy (non-hydrogen) atoms. The molecular weight excluding hydrogens is 302 g/mol. The summed E-state index contributed by atoms with van der Waals surface area (Å²) < 4.78 is 0. The van der Waals surface area contributed by atoms with Gasteiger partial charge in [-0.25, -0.2) is 0 Å². The molecular formula is C15H19N3O3S. The van der Waals surface area contributed by atoms with Gasteiger partial charge >= 0.3 is 0 Å². The van der Waals surface area contributed by atoms with Gasteiger partial charge in [-0.05, 0) is 27.2 Å². The van der Waals surface area contributed by atoms with Crippen LogP contribution in [0.2, 0.25) is 0 Å². The van der Waals surface area contributed by atoms with Gasteiger partial charge in [-0.15, -0.1) is 11.3 Å². The molecule has 1 fully saturated rings. The highest BCUT2D eigenvalue weighted by atomic mass is 32.1. The average Bonchev–Trinajstić information content (AvgIpc) is 2.96. The average molecular weight is 321 g/mol. The summed E-state index contributed by atoms with van der Waals surface area (Å²) in [5.74, 6) is -0.787. The maximum atomic E-state index is 12.7. The number of anilines is 1. The summed E-state index contributed by atoms with van der Waals surface area (Å²) in [7, 11) is 0. The second kappa shape index (κ2) is 5.08. The monoisotopic (exact) mass is 321 g/mol. The number of hydrogen-bond donors (Lipinski definition) is 2. The number of amides is 3. The Labute approximate surface area is 132 Å². The van der Waals surface area contributed by atoms with Crippen molar-refractivity contribution in [2.75, 3.05) is 5.32 Å². The lowest BCUT2D eigenvalue weighted by Crippen LogP contribution is -2.61. The zero-order valence-electron chi connectivity index (χ0n) is 12.9. The van der Waals surface area contributed by atoms with Crippen molar-refractivity contribution in [3.8, 4) is 0 Å². The van der Waals surface area contributed by atoms with Crippen molar-refractivity contribution in [2.45, 2.75) is 51.7 Å². The normalized spacial score (nSPS) is 24.7. The third-order valence-electron chi connectivity index (χ3n) is 4.28. The minimum Gasteiger partial charge on any atom is -0.374 e. The minimum absolute atomic E-state index is 0.130. The maximum Gasteiger partial charge on any atom is 0.256 e. The van der Waals surface area contributed by atoms with Gasteiger partial charge in [0, 0.05) is 23.4 Å². The van der Waals surface area contributed by atoms with Crippen LogP contribution in [-0.2, 0) is 16.1 Å². The number of carbonyl (C=O) groups excluding carboxylic acids is 3. The second-order valence-corrected chi connectivity index (χ2v) is 7.18. The van der Waals surface area contributed by atoms with Crippen molar-refractivity contribution in [3.05, 3.63) is 16.5 Å². The molecule has 1 unspecified atom stereocenters. The molecule has 3 rings (SSSR count). The second-order valence-electron chi connectivity index (χ2n) is 6.30. The van der Waals surface area contributed by atoms with Crippen molar-refractivity contribution in [3.63, 3.8) is 0 Å². The van der Waals surface area contributed by atoms with Gasteiger partial charge in [0.05, 0.1) is 17.1 Å². The predicted octanol–water partition coefficient (Wildman–Crippen LogP) is 1.72. The first-order valence-electron chi connectivity index (χ1n) is 7.36. The number of nitrogens with zero attached hydrogens (tertiary/aromatic N) is 1.